The van der Waals surface area contributed by atoms with E-state index in [0.29, 0.717) is 11.4 Å². The Kier molecular flexibility index (Phi) is 6.48. The van der Waals surface area contributed by atoms with E-state index in [0.717, 1.165) is 16.7 Å². The van der Waals surface area contributed by atoms with Crippen molar-refractivity contribution in [3.8, 4) is 5.75 Å². The van der Waals surface area contributed by atoms with E-state index >= 15 is 0 Å². The second-order valence-electron chi connectivity index (χ2n) is 8.63. The highest BCUT2D eigenvalue weighted by atomic mass is 32.2. The van der Waals surface area contributed by atoms with Crippen molar-refractivity contribution in [2.24, 2.45) is 0 Å². The summed E-state index contributed by atoms with van der Waals surface area (Å²) in [7, 11) is -3.91. The number of hydrogen-bond acceptors (Lipinski definition) is 4. The largest absolute Gasteiger partial charge is 0.476 e. The molecule has 7 heteroatoms. The molecule has 0 fully saturated rings. The molecule has 6 nitrogen and oxygen atoms in total. The number of rotatable bonds is 6. The summed E-state index contributed by atoms with van der Waals surface area (Å²) in [5.41, 5.74) is 3.32. The van der Waals surface area contributed by atoms with E-state index in [2.05, 4.69) is 5.32 Å². The number of aryl methyl sites for hydroxylation is 1. The number of anilines is 1. The van der Waals surface area contributed by atoms with Crippen LogP contribution in [0.5, 0.6) is 5.75 Å². The molecule has 4 aromatic rings. The van der Waals surface area contributed by atoms with Crippen LogP contribution in [0, 0.1) is 6.92 Å². The van der Waals surface area contributed by atoms with Crippen LogP contribution in [0.3, 0.4) is 0 Å². The lowest BCUT2D eigenvalue weighted by Crippen LogP contribution is -2.51. The van der Waals surface area contributed by atoms with Crippen LogP contribution in [0.25, 0.3) is 0 Å². The number of nitrogens with zero attached hydrogens (tertiary/aromatic N) is 1. The topological polar surface area (TPSA) is 75.7 Å². The number of hydrogen-bond donors (Lipinski definition) is 1. The third-order valence-electron chi connectivity index (χ3n) is 6.28. The van der Waals surface area contributed by atoms with E-state index < -0.39 is 28.1 Å². The number of amides is 1. The van der Waals surface area contributed by atoms with Gasteiger partial charge >= 0.3 is 0 Å². The minimum absolute atomic E-state index is 0.143. The molecule has 1 aliphatic heterocycles. The Hall–Kier alpha value is -4.10. The number of carbonyl (C=O) groups excluding carboxylic acids is 1. The quantitative estimate of drug-likeness (QED) is 0.412. The molecule has 0 aliphatic carbocycles. The number of sulfonamides is 1. The highest BCUT2D eigenvalue weighted by Crippen LogP contribution is 2.37. The molecule has 0 aromatic heterocycles. The van der Waals surface area contributed by atoms with Gasteiger partial charge in [-0.15, -0.1) is 0 Å². The van der Waals surface area contributed by atoms with Gasteiger partial charge in [-0.1, -0.05) is 84.9 Å². The summed E-state index contributed by atoms with van der Waals surface area (Å²) >= 11 is 0. The second kappa shape index (κ2) is 9.87. The Balaban J connectivity index is 1.49. The summed E-state index contributed by atoms with van der Waals surface area (Å²) in [5.74, 6) is -0.0505. The molecule has 5 rings (SSSR count). The summed E-state index contributed by atoms with van der Waals surface area (Å²) in [5, 5.41) is 3.12. The van der Waals surface area contributed by atoms with Crippen molar-refractivity contribution in [1.29, 1.82) is 0 Å². The first-order valence-electron chi connectivity index (χ1n) is 11.7. The first-order chi connectivity index (χ1) is 17.4. The molecule has 0 unspecified atom stereocenters. The lowest BCUT2D eigenvalue weighted by atomic mass is 9.94. The van der Waals surface area contributed by atoms with Crippen LogP contribution < -0.4 is 14.4 Å². The number of carbonyl (C=O) groups is 1. The fraction of sp³-hybridized carbons (Fsp3) is 0.138. The predicted molar refractivity (Wildman–Crippen MR) is 139 cm³/mol. The Morgan fingerprint density at radius 2 is 1.47 bits per heavy atom. The first-order valence-corrected chi connectivity index (χ1v) is 13.1. The standard InChI is InChI=1S/C29H26N2O4S/c1-21-12-8-9-17-24(21)28(22-13-4-2-5-14-22)30-29(32)27-20-31(25-18-10-11-19-26(25)35-27)36(33,34)23-15-6-3-7-16-23/h2-19,27-28H,20H2,1H3,(H,30,32)/t27-,28-/m1/s1. The van der Waals surface area contributed by atoms with Crippen LogP contribution in [0.2, 0.25) is 0 Å². The highest BCUT2D eigenvalue weighted by molar-refractivity contribution is 7.92. The van der Waals surface area contributed by atoms with E-state index in [-0.39, 0.29) is 11.4 Å². The molecule has 0 spiro atoms. The molecular formula is C29H26N2O4S. The van der Waals surface area contributed by atoms with Gasteiger partial charge in [-0.2, -0.15) is 0 Å². The average Bonchev–Trinajstić information content (AvgIpc) is 2.92. The Morgan fingerprint density at radius 1 is 0.861 bits per heavy atom. The normalized spacial score (nSPS) is 15.9. The number of nitrogens with one attached hydrogen (secondary N) is 1. The number of benzene rings is 4. The van der Waals surface area contributed by atoms with Crippen LogP contribution in [0.1, 0.15) is 22.7 Å². The molecule has 0 bridgehead atoms. The molecule has 4 aromatic carbocycles. The summed E-state index contributed by atoms with van der Waals surface area (Å²) in [6.45, 7) is 1.86. The zero-order chi connectivity index (χ0) is 25.1. The minimum atomic E-state index is -3.91. The fourth-order valence-corrected chi connectivity index (χ4v) is 5.92. The monoisotopic (exact) mass is 498 g/mol. The van der Waals surface area contributed by atoms with Crippen molar-refractivity contribution in [2.45, 2.75) is 24.0 Å². The van der Waals surface area contributed by atoms with Gasteiger partial charge in [0.05, 0.1) is 23.2 Å². The lowest BCUT2D eigenvalue weighted by molar-refractivity contribution is -0.128. The van der Waals surface area contributed by atoms with E-state index in [1.165, 1.54) is 4.31 Å². The van der Waals surface area contributed by atoms with Crippen molar-refractivity contribution in [3.05, 3.63) is 126 Å². The molecular weight excluding hydrogens is 472 g/mol. The SMILES string of the molecule is Cc1ccccc1[C@H](NC(=O)[C@H]1CN(S(=O)(=O)c2ccccc2)c2ccccc2O1)c1ccccc1. The van der Waals surface area contributed by atoms with Gasteiger partial charge in [0.25, 0.3) is 15.9 Å². The number of fused-ring (bicyclic) bond motifs is 1. The maximum Gasteiger partial charge on any atom is 0.264 e. The summed E-state index contributed by atoms with van der Waals surface area (Å²) in [6.07, 6.45) is -1.03. The van der Waals surface area contributed by atoms with Crippen molar-refractivity contribution >= 4 is 21.6 Å². The zero-order valence-corrected chi connectivity index (χ0v) is 20.6. The van der Waals surface area contributed by atoms with Gasteiger partial charge in [-0.25, -0.2) is 8.42 Å². The molecule has 1 aliphatic rings. The minimum Gasteiger partial charge on any atom is -0.476 e. The van der Waals surface area contributed by atoms with Crippen molar-refractivity contribution in [3.63, 3.8) is 0 Å². The van der Waals surface area contributed by atoms with E-state index in [1.54, 1.807) is 54.6 Å². The number of ether oxygens (including phenoxy) is 1. The molecule has 1 amide bonds. The predicted octanol–water partition coefficient (Wildman–Crippen LogP) is 4.86. The molecule has 0 saturated heterocycles. The summed E-state index contributed by atoms with van der Waals surface area (Å²) < 4.78 is 34.4. The second-order valence-corrected chi connectivity index (χ2v) is 10.5. The third kappa shape index (κ3) is 4.57. The van der Waals surface area contributed by atoms with Crippen LogP contribution in [0.15, 0.2) is 114 Å². The van der Waals surface area contributed by atoms with Gasteiger partial charge in [-0.3, -0.25) is 9.10 Å². The van der Waals surface area contributed by atoms with E-state index in [1.807, 2.05) is 61.5 Å². The van der Waals surface area contributed by atoms with Crippen LogP contribution in [-0.2, 0) is 14.8 Å². The van der Waals surface area contributed by atoms with Gasteiger partial charge in [0.2, 0.25) is 0 Å². The molecule has 36 heavy (non-hydrogen) atoms. The zero-order valence-electron chi connectivity index (χ0n) is 19.7. The Morgan fingerprint density at radius 3 is 2.19 bits per heavy atom. The molecule has 1 heterocycles. The Bertz CT molecular complexity index is 1470. The molecule has 0 saturated carbocycles. The molecule has 2 atom stereocenters. The maximum absolute atomic E-state index is 13.6. The van der Waals surface area contributed by atoms with Crippen molar-refractivity contribution in [1.82, 2.24) is 5.32 Å². The van der Waals surface area contributed by atoms with Crippen molar-refractivity contribution in [2.75, 3.05) is 10.8 Å². The van der Waals surface area contributed by atoms with Crippen molar-refractivity contribution < 1.29 is 17.9 Å². The lowest BCUT2D eigenvalue weighted by Gasteiger charge is -2.35. The maximum atomic E-state index is 13.6. The average molecular weight is 499 g/mol. The van der Waals surface area contributed by atoms with Crippen LogP contribution in [0.4, 0.5) is 5.69 Å². The molecule has 1 N–H and O–H groups in total. The number of para-hydroxylation sites is 2. The van der Waals surface area contributed by atoms with E-state index in [4.69, 9.17) is 4.74 Å². The van der Waals surface area contributed by atoms with E-state index in [9.17, 15) is 13.2 Å². The summed E-state index contributed by atoms with van der Waals surface area (Å²) in [4.78, 5) is 13.8. The third-order valence-corrected chi connectivity index (χ3v) is 8.07. The van der Waals surface area contributed by atoms with Gasteiger partial charge in [0.15, 0.2) is 6.10 Å². The van der Waals surface area contributed by atoms with Gasteiger partial charge in [0.1, 0.15) is 5.75 Å². The van der Waals surface area contributed by atoms with Crippen LogP contribution in [-0.4, -0.2) is 27.0 Å². The smallest absolute Gasteiger partial charge is 0.264 e. The Labute approximate surface area is 211 Å². The fourth-order valence-electron chi connectivity index (χ4n) is 4.42. The van der Waals surface area contributed by atoms with Gasteiger partial charge in [-0.05, 0) is 47.9 Å². The highest BCUT2D eigenvalue weighted by Gasteiger charge is 2.38. The van der Waals surface area contributed by atoms with Gasteiger partial charge < -0.3 is 10.1 Å². The molecule has 0 radical (unpaired) electrons. The summed E-state index contributed by atoms with van der Waals surface area (Å²) in [6, 6.07) is 32.2. The molecule has 182 valence electrons. The van der Waals surface area contributed by atoms with Gasteiger partial charge in [0, 0.05) is 0 Å². The van der Waals surface area contributed by atoms with Crippen LogP contribution >= 0.6 is 0 Å². The first kappa shape index (κ1) is 23.6.